The minimum absolute atomic E-state index is 0.0840. The molecule has 2 aromatic carbocycles. The molecule has 4 nitrogen and oxygen atoms in total. The molecular weight excluding hydrogens is 380 g/mol. The molecule has 1 aliphatic heterocycles. The van der Waals surface area contributed by atoms with Gasteiger partial charge in [0.2, 0.25) is 0 Å². The lowest BCUT2D eigenvalue weighted by Gasteiger charge is -2.34. The Morgan fingerprint density at radius 1 is 1.11 bits per heavy atom. The van der Waals surface area contributed by atoms with Gasteiger partial charge in [0.25, 0.3) is 0 Å². The molecule has 1 fully saturated rings. The highest BCUT2D eigenvalue weighted by atomic mass is 35.5. The lowest BCUT2D eigenvalue weighted by atomic mass is 9.90. The van der Waals surface area contributed by atoms with Crippen LogP contribution in [-0.4, -0.2) is 19.7 Å². The fraction of sp³-hybridized carbons (Fsp3) is 0.381. The third-order valence-corrected chi connectivity index (χ3v) is 6.56. The minimum atomic E-state index is -0.0840. The topological polar surface area (TPSA) is 32.8 Å². The number of ether oxygens (including phenoxy) is 1. The molecule has 1 heterocycles. The van der Waals surface area contributed by atoms with Crippen molar-refractivity contribution in [2.45, 2.75) is 37.0 Å². The largest absolute Gasteiger partial charge is 0.493 e. The number of fused-ring (bicyclic) bond motifs is 1. The van der Waals surface area contributed by atoms with Crippen LogP contribution >= 0.6 is 23.5 Å². The second-order valence-corrected chi connectivity index (χ2v) is 8.57. The van der Waals surface area contributed by atoms with Gasteiger partial charge in [-0.3, -0.25) is 4.90 Å². The van der Waals surface area contributed by atoms with Crippen LogP contribution in [0.3, 0.4) is 0 Å². The Labute approximate surface area is 169 Å². The predicted octanol–water partition coefficient (Wildman–Crippen LogP) is 6.38. The normalized spacial score (nSPS) is 17.8. The summed E-state index contributed by atoms with van der Waals surface area (Å²) >= 11 is 7.39. The van der Waals surface area contributed by atoms with E-state index in [-0.39, 0.29) is 6.03 Å². The third-order valence-electron chi connectivity index (χ3n) is 5.21. The van der Waals surface area contributed by atoms with Crippen molar-refractivity contribution in [3.05, 3.63) is 47.5 Å². The summed E-state index contributed by atoms with van der Waals surface area (Å²) in [7, 11) is 1.80. The number of halogens is 1. The predicted molar refractivity (Wildman–Crippen MR) is 112 cm³/mol. The maximum absolute atomic E-state index is 12.8. The van der Waals surface area contributed by atoms with Crippen LogP contribution in [0.4, 0.5) is 16.2 Å². The molecule has 142 valence electrons. The van der Waals surface area contributed by atoms with E-state index in [2.05, 4.69) is 0 Å². The maximum atomic E-state index is 12.8. The molecule has 0 radical (unpaired) electrons. The second-order valence-electron chi connectivity index (χ2n) is 7.15. The van der Waals surface area contributed by atoms with E-state index >= 15 is 0 Å². The number of rotatable bonds is 4. The number of amides is 2. The Kier molecular flexibility index (Phi) is 5.50. The second kappa shape index (κ2) is 8.03. The number of benzene rings is 2. The van der Waals surface area contributed by atoms with Crippen LogP contribution in [0, 0.1) is 5.92 Å². The van der Waals surface area contributed by atoms with Crippen LogP contribution in [0.1, 0.15) is 32.1 Å². The lowest BCUT2D eigenvalue weighted by molar-refractivity contribution is 0.209. The fourth-order valence-electron chi connectivity index (χ4n) is 3.61. The highest BCUT2D eigenvalue weighted by Gasteiger charge is 2.30. The zero-order valence-electron chi connectivity index (χ0n) is 15.4. The van der Waals surface area contributed by atoms with Gasteiger partial charge in [-0.05, 0) is 67.1 Å². The zero-order chi connectivity index (χ0) is 18.8. The van der Waals surface area contributed by atoms with Crippen molar-refractivity contribution in [1.82, 2.24) is 0 Å². The van der Waals surface area contributed by atoms with Crippen LogP contribution in [0.5, 0.6) is 5.75 Å². The molecule has 0 atom stereocenters. The van der Waals surface area contributed by atoms with Gasteiger partial charge < -0.3 is 4.74 Å². The SMILES string of the molecule is CN1C(=O)N(c2ccc(Cl)cc2)Sc2ccc(OCC3CCCCC3)cc21. The summed E-state index contributed by atoms with van der Waals surface area (Å²) in [6, 6.07) is 13.2. The van der Waals surface area contributed by atoms with E-state index in [4.69, 9.17) is 16.3 Å². The molecule has 1 saturated carbocycles. The molecule has 27 heavy (non-hydrogen) atoms. The molecule has 6 heteroatoms. The highest BCUT2D eigenvalue weighted by Crippen LogP contribution is 2.42. The van der Waals surface area contributed by atoms with Gasteiger partial charge in [0.1, 0.15) is 5.75 Å². The van der Waals surface area contributed by atoms with Gasteiger partial charge in [0.05, 0.1) is 22.9 Å². The Morgan fingerprint density at radius 3 is 2.59 bits per heavy atom. The first-order chi connectivity index (χ1) is 13.1. The summed E-state index contributed by atoms with van der Waals surface area (Å²) in [5.74, 6) is 1.49. The summed E-state index contributed by atoms with van der Waals surface area (Å²) < 4.78 is 7.73. The molecule has 0 bridgehead atoms. The van der Waals surface area contributed by atoms with E-state index in [1.807, 2.05) is 30.3 Å². The fourth-order valence-corrected chi connectivity index (χ4v) is 4.78. The van der Waals surface area contributed by atoms with E-state index in [9.17, 15) is 4.79 Å². The molecule has 2 amide bonds. The van der Waals surface area contributed by atoms with Crippen LogP contribution in [0.15, 0.2) is 47.4 Å². The molecule has 0 unspecified atom stereocenters. The van der Waals surface area contributed by atoms with Gasteiger partial charge in [-0.1, -0.05) is 30.9 Å². The Bertz CT molecular complexity index is 821. The van der Waals surface area contributed by atoms with E-state index < -0.39 is 0 Å². The summed E-state index contributed by atoms with van der Waals surface area (Å²) in [5, 5.41) is 0.654. The van der Waals surface area contributed by atoms with Crippen molar-refractivity contribution in [3.8, 4) is 5.75 Å². The number of carbonyl (C=O) groups excluding carboxylic acids is 1. The molecule has 0 N–H and O–H groups in total. The van der Waals surface area contributed by atoms with Gasteiger partial charge >= 0.3 is 6.03 Å². The van der Waals surface area contributed by atoms with Crippen molar-refractivity contribution < 1.29 is 9.53 Å². The minimum Gasteiger partial charge on any atom is -0.493 e. The van der Waals surface area contributed by atoms with E-state index in [0.717, 1.165) is 28.6 Å². The van der Waals surface area contributed by atoms with Crippen LogP contribution < -0.4 is 13.9 Å². The van der Waals surface area contributed by atoms with Crippen LogP contribution in [-0.2, 0) is 0 Å². The summed E-state index contributed by atoms with van der Waals surface area (Å²) in [6.45, 7) is 0.764. The smallest absolute Gasteiger partial charge is 0.339 e. The number of anilines is 2. The van der Waals surface area contributed by atoms with Gasteiger partial charge in [0.15, 0.2) is 0 Å². The molecule has 2 aliphatic rings. The lowest BCUT2D eigenvalue weighted by Crippen LogP contribution is -2.40. The standard InChI is InChI=1S/C21H23ClN2O2S/c1-23-19-13-18(26-14-15-5-3-2-4-6-15)11-12-20(19)27-24(21(23)25)17-9-7-16(22)8-10-17/h7-13,15H,2-6,14H2,1H3. The number of carbonyl (C=O) groups is 1. The first-order valence-electron chi connectivity index (χ1n) is 9.40. The number of hydrogen-bond donors (Lipinski definition) is 0. The van der Waals surface area contributed by atoms with Crippen LogP contribution in [0.25, 0.3) is 0 Å². The van der Waals surface area contributed by atoms with Gasteiger partial charge in [-0.15, -0.1) is 0 Å². The van der Waals surface area contributed by atoms with Gasteiger partial charge in [0, 0.05) is 18.1 Å². The molecule has 2 aromatic rings. The first-order valence-corrected chi connectivity index (χ1v) is 10.5. The van der Waals surface area contributed by atoms with E-state index in [1.165, 1.54) is 44.1 Å². The number of hydrogen-bond acceptors (Lipinski definition) is 3. The Morgan fingerprint density at radius 2 is 1.85 bits per heavy atom. The maximum Gasteiger partial charge on any atom is 0.339 e. The zero-order valence-corrected chi connectivity index (χ0v) is 16.9. The summed E-state index contributed by atoms with van der Waals surface area (Å²) in [5.41, 5.74) is 1.70. The number of urea groups is 1. The van der Waals surface area contributed by atoms with Crippen molar-refractivity contribution in [1.29, 1.82) is 0 Å². The van der Waals surface area contributed by atoms with Crippen molar-refractivity contribution in [2.75, 3.05) is 22.9 Å². The number of nitrogens with zero attached hydrogens (tertiary/aromatic N) is 2. The molecule has 1 aliphatic carbocycles. The van der Waals surface area contributed by atoms with Crippen LogP contribution in [0.2, 0.25) is 5.02 Å². The molecule has 0 aromatic heterocycles. The highest BCUT2D eigenvalue weighted by molar-refractivity contribution is 8.01. The van der Waals surface area contributed by atoms with Gasteiger partial charge in [-0.2, -0.15) is 0 Å². The summed E-state index contributed by atoms with van der Waals surface area (Å²) in [6.07, 6.45) is 6.49. The molecule has 0 saturated heterocycles. The Balaban J connectivity index is 1.50. The molecular formula is C21H23ClN2O2S. The first kappa shape index (κ1) is 18.5. The van der Waals surface area contributed by atoms with Crippen molar-refractivity contribution >= 4 is 41.0 Å². The van der Waals surface area contributed by atoms with E-state index in [0.29, 0.717) is 10.9 Å². The van der Waals surface area contributed by atoms with Crippen molar-refractivity contribution in [2.24, 2.45) is 5.92 Å². The Hall–Kier alpha value is -1.85. The quantitative estimate of drug-likeness (QED) is 0.556. The molecule has 4 rings (SSSR count). The molecule has 0 spiro atoms. The van der Waals surface area contributed by atoms with E-state index in [1.54, 1.807) is 28.4 Å². The monoisotopic (exact) mass is 402 g/mol. The van der Waals surface area contributed by atoms with Crippen molar-refractivity contribution in [3.63, 3.8) is 0 Å². The average molecular weight is 403 g/mol. The average Bonchev–Trinajstić information content (AvgIpc) is 2.71. The van der Waals surface area contributed by atoms with Gasteiger partial charge in [-0.25, -0.2) is 9.10 Å². The third kappa shape index (κ3) is 4.04. The summed E-state index contributed by atoms with van der Waals surface area (Å²) in [4.78, 5) is 15.5.